The summed E-state index contributed by atoms with van der Waals surface area (Å²) in [5.41, 5.74) is 3.88. The van der Waals surface area contributed by atoms with Crippen LogP contribution in [0, 0.1) is 0 Å². The van der Waals surface area contributed by atoms with Crippen molar-refractivity contribution in [3.05, 3.63) is 72.3 Å². The average molecular weight is 400 g/mol. The van der Waals surface area contributed by atoms with Gasteiger partial charge in [0, 0.05) is 43.1 Å². The molecule has 4 heterocycles. The highest BCUT2D eigenvalue weighted by atomic mass is 16.5. The van der Waals surface area contributed by atoms with Gasteiger partial charge in [0.15, 0.2) is 5.65 Å². The second-order valence-corrected chi connectivity index (χ2v) is 7.63. The number of rotatable bonds is 5. The summed E-state index contributed by atoms with van der Waals surface area (Å²) in [4.78, 5) is 9.10. The van der Waals surface area contributed by atoms with Gasteiger partial charge in [-0.25, -0.2) is 9.97 Å². The molecule has 1 fully saturated rings. The molecule has 0 radical (unpaired) electrons. The third-order valence-corrected chi connectivity index (χ3v) is 5.63. The Labute approximate surface area is 175 Å². The van der Waals surface area contributed by atoms with Crippen LogP contribution in [0.2, 0.25) is 0 Å². The molecule has 0 saturated carbocycles. The van der Waals surface area contributed by atoms with Gasteiger partial charge in [0.2, 0.25) is 5.95 Å². The van der Waals surface area contributed by atoms with Gasteiger partial charge < -0.3 is 10.1 Å². The number of anilines is 1. The molecule has 0 bridgehead atoms. The first-order valence-corrected chi connectivity index (χ1v) is 10.4. The predicted octanol–water partition coefficient (Wildman–Crippen LogP) is 3.93. The van der Waals surface area contributed by atoms with Crippen molar-refractivity contribution < 1.29 is 4.74 Å². The Morgan fingerprint density at radius 1 is 1.07 bits per heavy atom. The summed E-state index contributed by atoms with van der Waals surface area (Å²) in [5, 5.41) is 12.3. The van der Waals surface area contributed by atoms with E-state index in [1.807, 2.05) is 40.9 Å². The summed E-state index contributed by atoms with van der Waals surface area (Å²) < 4.78 is 7.47. The van der Waals surface area contributed by atoms with Crippen LogP contribution in [-0.4, -0.2) is 43.8 Å². The lowest BCUT2D eigenvalue weighted by molar-refractivity contribution is 0.0903. The number of pyridine rings is 1. The number of nitrogens with one attached hydrogen (secondary N) is 1. The summed E-state index contributed by atoms with van der Waals surface area (Å²) in [5.74, 6) is 1.73. The van der Waals surface area contributed by atoms with Gasteiger partial charge in [-0.1, -0.05) is 37.3 Å². The first-order chi connectivity index (χ1) is 14.8. The summed E-state index contributed by atoms with van der Waals surface area (Å²) in [7, 11) is 0. The zero-order chi connectivity index (χ0) is 20.3. The number of aromatic nitrogens is 5. The van der Waals surface area contributed by atoms with E-state index in [2.05, 4.69) is 45.6 Å². The molecule has 7 nitrogen and oxygen atoms in total. The van der Waals surface area contributed by atoms with Crippen molar-refractivity contribution >= 4 is 11.6 Å². The van der Waals surface area contributed by atoms with E-state index in [4.69, 9.17) is 9.72 Å². The maximum atomic E-state index is 5.42. The number of ether oxygens (including phenoxy) is 1. The minimum absolute atomic E-state index is 0.154. The molecule has 1 unspecified atom stereocenters. The van der Waals surface area contributed by atoms with Crippen LogP contribution in [0.25, 0.3) is 16.9 Å². The Bertz CT molecular complexity index is 1140. The van der Waals surface area contributed by atoms with Crippen molar-refractivity contribution in [2.45, 2.75) is 31.7 Å². The van der Waals surface area contributed by atoms with E-state index in [0.29, 0.717) is 12.0 Å². The number of nitrogens with zero attached hydrogens (tertiary/aromatic N) is 5. The summed E-state index contributed by atoms with van der Waals surface area (Å²) in [6.45, 7) is 3.72. The lowest BCUT2D eigenvalue weighted by atomic mass is 10.0. The number of hydrogen-bond acceptors (Lipinski definition) is 6. The van der Waals surface area contributed by atoms with Crippen LogP contribution in [-0.2, 0) is 4.74 Å². The highest BCUT2D eigenvalue weighted by Crippen LogP contribution is 2.25. The fraction of sp³-hybridized carbons (Fsp3) is 0.304. The van der Waals surface area contributed by atoms with Crippen molar-refractivity contribution in [1.29, 1.82) is 0 Å². The largest absolute Gasteiger partial charge is 0.381 e. The van der Waals surface area contributed by atoms with Crippen molar-refractivity contribution in [2.24, 2.45) is 0 Å². The lowest BCUT2D eigenvalue weighted by Gasteiger charge is -2.23. The van der Waals surface area contributed by atoms with Gasteiger partial charge in [0.25, 0.3) is 0 Å². The Morgan fingerprint density at radius 2 is 1.90 bits per heavy atom. The van der Waals surface area contributed by atoms with Crippen LogP contribution < -0.4 is 5.32 Å². The lowest BCUT2D eigenvalue weighted by Crippen LogP contribution is -2.28. The van der Waals surface area contributed by atoms with Crippen LogP contribution in [0.3, 0.4) is 0 Å². The third kappa shape index (κ3) is 3.76. The number of fused-ring (bicyclic) bond motifs is 1. The Morgan fingerprint density at radius 3 is 2.73 bits per heavy atom. The topological polar surface area (TPSA) is 77.2 Å². The van der Waals surface area contributed by atoms with Gasteiger partial charge >= 0.3 is 0 Å². The molecule has 1 aromatic carbocycles. The molecule has 0 aliphatic carbocycles. The zero-order valence-electron chi connectivity index (χ0n) is 16.9. The molecule has 30 heavy (non-hydrogen) atoms. The molecule has 3 aromatic heterocycles. The highest BCUT2D eigenvalue weighted by Gasteiger charge is 2.17. The minimum Gasteiger partial charge on any atom is -0.381 e. The Kier molecular flexibility index (Phi) is 5.11. The molecule has 7 heteroatoms. The molecule has 1 saturated heterocycles. The fourth-order valence-corrected chi connectivity index (χ4v) is 3.87. The van der Waals surface area contributed by atoms with Crippen molar-refractivity contribution in [3.63, 3.8) is 0 Å². The van der Waals surface area contributed by atoms with E-state index < -0.39 is 0 Å². The molecule has 1 aliphatic heterocycles. The molecule has 1 N–H and O–H groups in total. The van der Waals surface area contributed by atoms with E-state index in [1.165, 1.54) is 5.56 Å². The molecular formula is C23H24N6O. The molecule has 0 spiro atoms. The summed E-state index contributed by atoms with van der Waals surface area (Å²) in [6.07, 6.45) is 5.76. The van der Waals surface area contributed by atoms with Gasteiger partial charge in [-0.05, 0) is 36.6 Å². The van der Waals surface area contributed by atoms with Crippen LogP contribution in [0.4, 0.5) is 5.95 Å². The van der Waals surface area contributed by atoms with Crippen molar-refractivity contribution in [1.82, 2.24) is 24.6 Å². The van der Waals surface area contributed by atoms with E-state index >= 15 is 0 Å². The molecule has 1 atom stereocenters. The van der Waals surface area contributed by atoms with Gasteiger partial charge in [0.05, 0.1) is 5.69 Å². The third-order valence-electron chi connectivity index (χ3n) is 5.63. The monoisotopic (exact) mass is 400 g/mol. The van der Waals surface area contributed by atoms with E-state index in [-0.39, 0.29) is 5.92 Å². The minimum atomic E-state index is 0.154. The standard InChI is InChI=1S/C23H24N6O/c1-16(17-5-3-2-4-6-17)22-28-27-21-15-18(8-12-29(21)22)20-7-11-24-23(26-20)25-19-9-13-30-14-10-19/h2-8,11-12,15-16,19H,9-10,13-14H2,1H3,(H,24,25,26). The average Bonchev–Trinajstić information content (AvgIpc) is 3.23. The van der Waals surface area contributed by atoms with E-state index in [9.17, 15) is 0 Å². The van der Waals surface area contributed by atoms with Crippen molar-refractivity contribution in [3.8, 4) is 11.3 Å². The maximum Gasteiger partial charge on any atom is 0.223 e. The van der Waals surface area contributed by atoms with Gasteiger partial charge in [-0.15, -0.1) is 10.2 Å². The fourth-order valence-electron chi connectivity index (χ4n) is 3.87. The van der Waals surface area contributed by atoms with Gasteiger partial charge in [-0.2, -0.15) is 0 Å². The Balaban J connectivity index is 1.41. The molecule has 4 aromatic rings. The number of benzene rings is 1. The first-order valence-electron chi connectivity index (χ1n) is 10.4. The maximum absolute atomic E-state index is 5.42. The normalized spacial score (nSPS) is 15.9. The second kappa shape index (κ2) is 8.20. The van der Waals surface area contributed by atoms with Crippen LogP contribution >= 0.6 is 0 Å². The SMILES string of the molecule is CC(c1ccccc1)c1nnc2cc(-c3ccnc(NC4CCOCC4)n3)ccn12. The predicted molar refractivity (Wildman–Crippen MR) is 115 cm³/mol. The molecule has 5 rings (SSSR count). The van der Waals surface area contributed by atoms with E-state index in [1.54, 1.807) is 6.20 Å². The van der Waals surface area contributed by atoms with E-state index in [0.717, 1.165) is 48.8 Å². The van der Waals surface area contributed by atoms with Crippen molar-refractivity contribution in [2.75, 3.05) is 18.5 Å². The first kappa shape index (κ1) is 18.7. The van der Waals surface area contributed by atoms with Crippen LogP contribution in [0.1, 0.15) is 37.1 Å². The number of hydrogen-bond donors (Lipinski definition) is 1. The summed E-state index contributed by atoms with van der Waals surface area (Å²) >= 11 is 0. The van der Waals surface area contributed by atoms with Crippen LogP contribution in [0.15, 0.2) is 60.9 Å². The highest BCUT2D eigenvalue weighted by molar-refractivity contribution is 5.64. The molecule has 152 valence electrons. The smallest absolute Gasteiger partial charge is 0.223 e. The van der Waals surface area contributed by atoms with Gasteiger partial charge in [-0.3, -0.25) is 4.40 Å². The Hall–Kier alpha value is -3.32. The molecular weight excluding hydrogens is 376 g/mol. The molecule has 1 aliphatic rings. The quantitative estimate of drug-likeness (QED) is 0.547. The second-order valence-electron chi connectivity index (χ2n) is 7.63. The molecule has 0 amide bonds. The summed E-state index contributed by atoms with van der Waals surface area (Å²) in [6, 6.07) is 16.7. The van der Waals surface area contributed by atoms with Crippen LogP contribution in [0.5, 0.6) is 0 Å². The van der Waals surface area contributed by atoms with Gasteiger partial charge in [0.1, 0.15) is 5.82 Å². The zero-order valence-corrected chi connectivity index (χ0v) is 16.9.